The number of carbonyl (C=O) groups is 1. The highest BCUT2D eigenvalue weighted by Gasteiger charge is 2.29. The molecule has 1 unspecified atom stereocenters. The van der Waals surface area contributed by atoms with Gasteiger partial charge in [-0.2, -0.15) is 5.10 Å². The van der Waals surface area contributed by atoms with E-state index in [1.54, 1.807) is 12.1 Å². The van der Waals surface area contributed by atoms with Gasteiger partial charge >= 0.3 is 5.97 Å². The summed E-state index contributed by atoms with van der Waals surface area (Å²) >= 11 is 0. The number of unbranched alkanes of at least 4 members (excludes halogenated alkanes) is 1. The third-order valence-corrected chi connectivity index (χ3v) is 8.63. The van der Waals surface area contributed by atoms with Crippen LogP contribution in [0.1, 0.15) is 84.1 Å². The van der Waals surface area contributed by atoms with Gasteiger partial charge in [0.05, 0.1) is 23.3 Å². The smallest absolute Gasteiger partial charge is 0.314 e. The minimum Gasteiger partial charge on any atom is -0.508 e. The van der Waals surface area contributed by atoms with Crippen molar-refractivity contribution in [2.45, 2.75) is 84.1 Å². The van der Waals surface area contributed by atoms with E-state index in [4.69, 9.17) is 9.84 Å². The van der Waals surface area contributed by atoms with Gasteiger partial charge in [0.15, 0.2) is 0 Å². The average molecular weight is 501 g/mol. The zero-order valence-electron chi connectivity index (χ0n) is 22.2. The molecule has 37 heavy (non-hydrogen) atoms. The molecule has 0 spiro atoms. The quantitative estimate of drug-likeness (QED) is 0.238. The summed E-state index contributed by atoms with van der Waals surface area (Å²) in [6.07, 6.45) is 11.8. The van der Waals surface area contributed by atoms with Crippen LogP contribution in [-0.4, -0.2) is 20.9 Å². The van der Waals surface area contributed by atoms with Crippen LogP contribution in [0.15, 0.2) is 54.6 Å². The van der Waals surface area contributed by atoms with Crippen molar-refractivity contribution in [3.63, 3.8) is 0 Å². The number of rotatable bonds is 9. The molecule has 0 amide bonds. The SMILES string of the molecule is CCCCC1CCC(C(=O)Oc2ccc(-c3cc(-c4ccc(O)cc4)n(C(C)C4CCC4)n3)cc2)CC1. The fourth-order valence-electron chi connectivity index (χ4n) is 5.89. The van der Waals surface area contributed by atoms with Crippen LogP contribution in [-0.2, 0) is 4.79 Å². The number of aromatic nitrogens is 2. The highest BCUT2D eigenvalue weighted by Crippen LogP contribution is 2.39. The van der Waals surface area contributed by atoms with Gasteiger partial charge in [-0.05, 0) is 112 Å². The van der Waals surface area contributed by atoms with Gasteiger partial charge in [0, 0.05) is 11.1 Å². The molecule has 196 valence electrons. The highest BCUT2D eigenvalue weighted by molar-refractivity contribution is 5.76. The van der Waals surface area contributed by atoms with Crippen molar-refractivity contribution >= 4 is 5.97 Å². The number of phenols is 1. The molecule has 5 nitrogen and oxygen atoms in total. The Hall–Kier alpha value is -3.08. The van der Waals surface area contributed by atoms with Gasteiger partial charge in [-0.25, -0.2) is 0 Å². The monoisotopic (exact) mass is 500 g/mol. The molecule has 2 fully saturated rings. The van der Waals surface area contributed by atoms with E-state index in [1.165, 1.54) is 38.5 Å². The number of hydrogen-bond donors (Lipinski definition) is 1. The van der Waals surface area contributed by atoms with Crippen molar-refractivity contribution in [1.82, 2.24) is 9.78 Å². The second-order valence-electron chi connectivity index (χ2n) is 11.1. The van der Waals surface area contributed by atoms with Gasteiger partial charge < -0.3 is 9.84 Å². The van der Waals surface area contributed by atoms with Gasteiger partial charge in [-0.1, -0.05) is 32.6 Å². The number of phenolic OH excluding ortho intramolecular Hbond substituents is 1. The largest absolute Gasteiger partial charge is 0.508 e. The van der Waals surface area contributed by atoms with Crippen LogP contribution in [0.3, 0.4) is 0 Å². The molecule has 3 aromatic rings. The van der Waals surface area contributed by atoms with Gasteiger partial charge in [-0.15, -0.1) is 0 Å². The maximum atomic E-state index is 12.8. The number of nitrogens with zero attached hydrogens (tertiary/aromatic N) is 2. The molecule has 2 saturated carbocycles. The molecule has 1 heterocycles. The first-order valence-electron chi connectivity index (χ1n) is 14.2. The molecule has 1 aromatic heterocycles. The van der Waals surface area contributed by atoms with Crippen molar-refractivity contribution in [1.29, 1.82) is 0 Å². The second-order valence-corrected chi connectivity index (χ2v) is 11.1. The number of carbonyl (C=O) groups excluding carboxylic acids is 1. The minimum atomic E-state index is -0.0880. The van der Waals surface area contributed by atoms with Crippen LogP contribution in [0.4, 0.5) is 0 Å². The lowest BCUT2D eigenvalue weighted by Crippen LogP contribution is -2.25. The van der Waals surface area contributed by atoms with Crippen molar-refractivity contribution in [3.8, 4) is 34.0 Å². The van der Waals surface area contributed by atoms with Crippen LogP contribution in [0.25, 0.3) is 22.5 Å². The normalized spacial score (nSPS) is 20.8. The molecule has 0 aliphatic heterocycles. The molecule has 2 aliphatic carbocycles. The molecule has 0 bridgehead atoms. The number of aromatic hydroxyl groups is 1. The molecule has 1 atom stereocenters. The first-order chi connectivity index (χ1) is 18.0. The van der Waals surface area contributed by atoms with E-state index in [-0.39, 0.29) is 17.6 Å². The van der Waals surface area contributed by atoms with E-state index < -0.39 is 0 Å². The molecule has 5 rings (SSSR count). The minimum absolute atomic E-state index is 0.0223. The number of ether oxygens (including phenoxy) is 1. The van der Waals surface area contributed by atoms with E-state index in [9.17, 15) is 9.90 Å². The van der Waals surface area contributed by atoms with E-state index in [1.807, 2.05) is 36.4 Å². The third-order valence-electron chi connectivity index (χ3n) is 8.63. The van der Waals surface area contributed by atoms with Gasteiger partial charge in [0.25, 0.3) is 0 Å². The lowest BCUT2D eigenvalue weighted by Gasteiger charge is -2.32. The molecule has 5 heteroatoms. The highest BCUT2D eigenvalue weighted by atomic mass is 16.5. The summed E-state index contributed by atoms with van der Waals surface area (Å²) in [4.78, 5) is 12.8. The lowest BCUT2D eigenvalue weighted by molar-refractivity contribution is -0.140. The van der Waals surface area contributed by atoms with Crippen LogP contribution < -0.4 is 4.74 Å². The van der Waals surface area contributed by atoms with Crippen molar-refractivity contribution < 1.29 is 14.6 Å². The van der Waals surface area contributed by atoms with E-state index in [2.05, 4.69) is 24.6 Å². The number of hydrogen-bond acceptors (Lipinski definition) is 4. The molecular formula is C32H40N2O3. The van der Waals surface area contributed by atoms with Crippen LogP contribution >= 0.6 is 0 Å². The average Bonchev–Trinajstić information content (AvgIpc) is 3.33. The van der Waals surface area contributed by atoms with Crippen molar-refractivity contribution in [2.75, 3.05) is 0 Å². The molecule has 0 radical (unpaired) electrons. The van der Waals surface area contributed by atoms with Crippen LogP contribution in [0.2, 0.25) is 0 Å². The standard InChI is InChI=1S/C32H40N2O3/c1-3-4-6-23-9-11-27(12-10-23)32(36)37-29-19-15-25(16-20-29)30-21-31(26-13-17-28(35)18-14-26)34(33-30)22(2)24-7-5-8-24/h13-24,27,35H,3-12H2,1-2H3. The maximum Gasteiger partial charge on any atom is 0.314 e. The van der Waals surface area contributed by atoms with E-state index >= 15 is 0 Å². The maximum absolute atomic E-state index is 12.8. The van der Waals surface area contributed by atoms with E-state index in [0.29, 0.717) is 17.7 Å². The van der Waals surface area contributed by atoms with Crippen molar-refractivity contribution in [3.05, 3.63) is 54.6 Å². The summed E-state index contributed by atoms with van der Waals surface area (Å²) < 4.78 is 7.92. The predicted octanol–water partition coefficient (Wildman–Crippen LogP) is 8.19. The summed E-state index contributed by atoms with van der Waals surface area (Å²) in [7, 11) is 0. The molecule has 2 aromatic carbocycles. The molecular weight excluding hydrogens is 460 g/mol. The summed E-state index contributed by atoms with van der Waals surface area (Å²) in [5.41, 5.74) is 3.99. The van der Waals surface area contributed by atoms with Crippen molar-refractivity contribution in [2.24, 2.45) is 17.8 Å². The summed E-state index contributed by atoms with van der Waals surface area (Å²) in [5.74, 6) is 2.22. The first kappa shape index (κ1) is 25.6. The third kappa shape index (κ3) is 5.92. The Kier molecular flexibility index (Phi) is 7.97. The Morgan fingerprint density at radius 2 is 1.68 bits per heavy atom. The Bertz CT molecular complexity index is 1170. The lowest BCUT2D eigenvalue weighted by atomic mass is 9.80. The molecule has 1 N–H and O–H groups in total. The fourth-order valence-corrected chi connectivity index (χ4v) is 5.89. The Morgan fingerprint density at radius 1 is 1.00 bits per heavy atom. The van der Waals surface area contributed by atoms with Gasteiger partial charge in [0.2, 0.25) is 0 Å². The summed E-state index contributed by atoms with van der Waals surface area (Å²) in [6.45, 7) is 4.49. The zero-order valence-corrected chi connectivity index (χ0v) is 22.2. The number of benzene rings is 2. The summed E-state index contributed by atoms with van der Waals surface area (Å²) in [5, 5.41) is 14.8. The fraction of sp³-hybridized carbons (Fsp3) is 0.500. The van der Waals surface area contributed by atoms with Crippen LogP contribution in [0, 0.1) is 17.8 Å². The Balaban J connectivity index is 1.28. The van der Waals surface area contributed by atoms with Gasteiger partial charge in [0.1, 0.15) is 11.5 Å². The Morgan fingerprint density at radius 3 is 2.30 bits per heavy atom. The molecule has 0 saturated heterocycles. The summed E-state index contributed by atoms with van der Waals surface area (Å²) in [6, 6.07) is 17.5. The van der Waals surface area contributed by atoms with Gasteiger partial charge in [-0.3, -0.25) is 9.48 Å². The molecule has 2 aliphatic rings. The van der Waals surface area contributed by atoms with Crippen LogP contribution in [0.5, 0.6) is 11.5 Å². The van der Waals surface area contributed by atoms with E-state index in [0.717, 1.165) is 54.1 Å². The zero-order chi connectivity index (χ0) is 25.8. The first-order valence-corrected chi connectivity index (χ1v) is 14.2. The topological polar surface area (TPSA) is 64.3 Å². The Labute approximate surface area is 220 Å². The number of esters is 1. The second kappa shape index (κ2) is 11.5. The predicted molar refractivity (Wildman–Crippen MR) is 147 cm³/mol.